The summed E-state index contributed by atoms with van der Waals surface area (Å²) < 4.78 is 5.48. The van der Waals surface area contributed by atoms with E-state index in [0.29, 0.717) is 54.8 Å². The number of amides is 3. The molecule has 44 heavy (non-hydrogen) atoms. The summed E-state index contributed by atoms with van der Waals surface area (Å²) in [5.41, 5.74) is 2.54. The van der Waals surface area contributed by atoms with Gasteiger partial charge in [0, 0.05) is 48.8 Å². The Morgan fingerprint density at radius 2 is 1.59 bits per heavy atom. The van der Waals surface area contributed by atoms with E-state index in [4.69, 9.17) is 4.74 Å². The highest BCUT2D eigenvalue weighted by atomic mass is 16.6. The average Bonchev–Trinajstić information content (AvgIpc) is 2.97. The van der Waals surface area contributed by atoms with Crippen molar-refractivity contribution in [2.24, 2.45) is 0 Å². The van der Waals surface area contributed by atoms with Crippen LogP contribution in [-0.2, 0) is 10.2 Å². The Balaban J connectivity index is 1.44. The molecule has 4 rings (SSSR count). The van der Waals surface area contributed by atoms with Crippen molar-refractivity contribution in [3.63, 3.8) is 0 Å². The first kappa shape index (κ1) is 31.9. The molecule has 1 aliphatic heterocycles. The van der Waals surface area contributed by atoms with Crippen LogP contribution in [0.2, 0.25) is 0 Å². The van der Waals surface area contributed by atoms with Crippen LogP contribution in [0.5, 0.6) is 0 Å². The van der Waals surface area contributed by atoms with Gasteiger partial charge in [0.25, 0.3) is 11.8 Å². The Kier molecular flexibility index (Phi) is 9.23. The van der Waals surface area contributed by atoms with Crippen LogP contribution < -0.4 is 15.5 Å². The van der Waals surface area contributed by atoms with Crippen molar-refractivity contribution in [3.05, 3.63) is 76.6 Å². The van der Waals surface area contributed by atoms with E-state index in [1.807, 2.05) is 38.7 Å². The van der Waals surface area contributed by atoms with E-state index < -0.39 is 16.9 Å². The summed E-state index contributed by atoms with van der Waals surface area (Å²) in [4.78, 5) is 51.5. The SMILES string of the molecule is Cc1cc(C(=O)Nc2cc(NC(=O)c3cccc(C(C)(C)C#N)c3)ccc2C)nc(N2CCN(C(=O)OC(C)(C)C)CC2)n1. The lowest BCUT2D eigenvalue weighted by atomic mass is 9.85. The molecule has 0 bridgehead atoms. The first-order valence-corrected chi connectivity index (χ1v) is 14.5. The van der Waals surface area contributed by atoms with E-state index in [2.05, 4.69) is 26.7 Å². The van der Waals surface area contributed by atoms with Crippen molar-refractivity contribution in [1.82, 2.24) is 14.9 Å². The molecule has 0 radical (unpaired) electrons. The molecule has 11 nitrogen and oxygen atoms in total. The number of hydrogen-bond donors (Lipinski definition) is 2. The molecule has 0 saturated carbocycles. The van der Waals surface area contributed by atoms with E-state index >= 15 is 0 Å². The van der Waals surface area contributed by atoms with Gasteiger partial charge in [0.2, 0.25) is 5.95 Å². The maximum atomic E-state index is 13.3. The predicted molar refractivity (Wildman–Crippen MR) is 169 cm³/mol. The van der Waals surface area contributed by atoms with E-state index in [-0.39, 0.29) is 17.7 Å². The standard InChI is InChI=1S/C33H39N7O4/c1-21-11-12-25(36-28(41)23-9-8-10-24(18-23)33(6,7)20-34)19-26(21)37-29(42)27-17-22(2)35-30(38-27)39-13-15-40(16-14-39)31(43)44-32(3,4)5/h8-12,17-19H,13-16H2,1-7H3,(H,36,41)(H,37,42). The number of nitriles is 1. The normalized spacial score (nSPS) is 13.6. The first-order valence-electron chi connectivity index (χ1n) is 14.5. The average molecular weight is 598 g/mol. The fourth-order valence-electron chi connectivity index (χ4n) is 4.56. The molecular formula is C33H39N7O4. The highest BCUT2D eigenvalue weighted by molar-refractivity contribution is 6.06. The number of rotatable bonds is 6. The van der Waals surface area contributed by atoms with Crippen LogP contribution in [0.3, 0.4) is 0 Å². The summed E-state index contributed by atoms with van der Waals surface area (Å²) in [5.74, 6) is -0.328. The summed E-state index contributed by atoms with van der Waals surface area (Å²) in [7, 11) is 0. The van der Waals surface area contributed by atoms with Crippen LogP contribution in [0.25, 0.3) is 0 Å². The summed E-state index contributed by atoms with van der Waals surface area (Å²) in [6.45, 7) is 14.7. The molecule has 230 valence electrons. The third kappa shape index (κ3) is 7.89. The van der Waals surface area contributed by atoms with Gasteiger partial charge in [-0.3, -0.25) is 9.59 Å². The lowest BCUT2D eigenvalue weighted by Gasteiger charge is -2.35. The van der Waals surface area contributed by atoms with Crippen LogP contribution in [0, 0.1) is 25.2 Å². The number of hydrogen-bond acceptors (Lipinski definition) is 8. The molecule has 3 amide bonds. The number of benzene rings is 2. The van der Waals surface area contributed by atoms with Gasteiger partial charge in [0.15, 0.2) is 0 Å². The Bertz CT molecular complexity index is 1610. The number of carbonyl (C=O) groups is 3. The van der Waals surface area contributed by atoms with E-state index in [1.165, 1.54) is 0 Å². The number of aryl methyl sites for hydroxylation is 2. The van der Waals surface area contributed by atoms with Crippen LogP contribution in [-0.4, -0.2) is 64.6 Å². The number of nitrogens with one attached hydrogen (secondary N) is 2. The second-order valence-electron chi connectivity index (χ2n) is 12.4. The van der Waals surface area contributed by atoms with Gasteiger partial charge in [-0.1, -0.05) is 18.2 Å². The molecule has 1 aliphatic rings. The maximum absolute atomic E-state index is 13.3. The van der Waals surface area contributed by atoms with Crippen LogP contribution >= 0.6 is 0 Å². The fraction of sp³-hybridized carbons (Fsp3) is 0.394. The lowest BCUT2D eigenvalue weighted by Crippen LogP contribution is -2.50. The van der Waals surface area contributed by atoms with E-state index in [0.717, 1.165) is 11.1 Å². The van der Waals surface area contributed by atoms with Crippen molar-refractivity contribution in [3.8, 4) is 6.07 Å². The summed E-state index contributed by atoms with van der Waals surface area (Å²) in [5, 5.41) is 15.3. The molecule has 1 fully saturated rings. The predicted octanol–water partition coefficient (Wildman–Crippen LogP) is 5.46. The molecule has 1 saturated heterocycles. The maximum Gasteiger partial charge on any atom is 0.410 e. The van der Waals surface area contributed by atoms with Gasteiger partial charge in [0.1, 0.15) is 11.3 Å². The molecule has 0 aliphatic carbocycles. The summed E-state index contributed by atoms with van der Waals surface area (Å²) in [6, 6.07) is 16.1. The van der Waals surface area contributed by atoms with Gasteiger partial charge in [-0.15, -0.1) is 0 Å². The van der Waals surface area contributed by atoms with Crippen LogP contribution in [0.1, 0.15) is 72.3 Å². The van der Waals surface area contributed by atoms with Gasteiger partial charge in [-0.25, -0.2) is 14.8 Å². The quantitative estimate of drug-likeness (QED) is 0.382. The Morgan fingerprint density at radius 3 is 2.25 bits per heavy atom. The van der Waals surface area contributed by atoms with Gasteiger partial charge >= 0.3 is 6.09 Å². The number of aromatic nitrogens is 2. The molecule has 2 heterocycles. The van der Waals surface area contributed by atoms with Crippen LogP contribution in [0.4, 0.5) is 22.1 Å². The van der Waals surface area contributed by atoms with Crippen molar-refractivity contribution in [2.45, 2.75) is 59.5 Å². The molecular weight excluding hydrogens is 558 g/mol. The van der Waals surface area contributed by atoms with Gasteiger partial charge < -0.3 is 25.2 Å². The van der Waals surface area contributed by atoms with Crippen molar-refractivity contribution in [1.29, 1.82) is 5.26 Å². The minimum absolute atomic E-state index is 0.202. The third-order valence-corrected chi connectivity index (χ3v) is 7.16. The molecule has 1 aromatic heterocycles. The molecule has 0 atom stereocenters. The number of ether oxygens (including phenoxy) is 1. The van der Waals surface area contributed by atoms with Crippen molar-refractivity contribution < 1.29 is 19.1 Å². The zero-order valence-electron chi connectivity index (χ0n) is 26.3. The minimum Gasteiger partial charge on any atom is -0.444 e. The zero-order chi connectivity index (χ0) is 32.2. The second-order valence-corrected chi connectivity index (χ2v) is 12.4. The minimum atomic E-state index is -0.731. The molecule has 0 unspecified atom stereocenters. The van der Waals surface area contributed by atoms with E-state index in [1.54, 1.807) is 68.1 Å². The molecule has 11 heteroatoms. The summed E-state index contributed by atoms with van der Waals surface area (Å²) in [6.07, 6.45) is -0.354. The second kappa shape index (κ2) is 12.7. The Labute approximate surface area is 258 Å². The monoisotopic (exact) mass is 597 g/mol. The van der Waals surface area contributed by atoms with Gasteiger partial charge in [-0.2, -0.15) is 5.26 Å². The number of piperazine rings is 1. The first-order chi connectivity index (χ1) is 20.6. The number of anilines is 3. The fourth-order valence-corrected chi connectivity index (χ4v) is 4.56. The highest BCUT2D eigenvalue weighted by Crippen LogP contribution is 2.25. The summed E-state index contributed by atoms with van der Waals surface area (Å²) >= 11 is 0. The molecule has 0 spiro atoms. The van der Waals surface area contributed by atoms with Crippen molar-refractivity contribution >= 4 is 35.2 Å². The molecule has 2 N–H and O–H groups in total. The largest absolute Gasteiger partial charge is 0.444 e. The third-order valence-electron chi connectivity index (χ3n) is 7.16. The van der Waals surface area contributed by atoms with Crippen LogP contribution in [0.15, 0.2) is 48.5 Å². The zero-order valence-corrected chi connectivity index (χ0v) is 26.3. The Hall–Kier alpha value is -4.98. The number of nitrogens with zero attached hydrogens (tertiary/aromatic N) is 5. The highest BCUT2D eigenvalue weighted by Gasteiger charge is 2.27. The smallest absolute Gasteiger partial charge is 0.410 e. The van der Waals surface area contributed by atoms with Gasteiger partial charge in [-0.05, 0) is 89.9 Å². The van der Waals surface area contributed by atoms with E-state index in [9.17, 15) is 19.6 Å². The lowest BCUT2D eigenvalue weighted by molar-refractivity contribution is 0.0240. The molecule has 3 aromatic rings. The molecule has 2 aromatic carbocycles. The van der Waals surface area contributed by atoms with Gasteiger partial charge in [0.05, 0.1) is 11.5 Å². The number of carbonyl (C=O) groups excluding carboxylic acids is 3. The Morgan fingerprint density at radius 1 is 0.886 bits per heavy atom. The van der Waals surface area contributed by atoms with Crippen molar-refractivity contribution in [2.75, 3.05) is 41.7 Å². The topological polar surface area (TPSA) is 141 Å².